The molecule has 1 aliphatic heterocycles. The standard InChI is InChI=1S/C40H58FN3O8/c1-5-49-21-9-10-22-50-38(47)34-24-29-23-30(17-18-33(29)51-34)42-36(45)35-31(26-11-7-6-8-12-26)19-20-44(35)37(46)28-15-13-27(14-16-28)32(25-41)43-39(48)52-40(2,3)4/h17-18,23-24,26-28,31-32,35H,5-16,19-22,25H2,1-4H3,(H,42,45)(H,43,48)/t27-,28-,31-,32+,35-/m0/s1. The van der Waals surface area contributed by atoms with Crippen LogP contribution in [0.4, 0.5) is 14.9 Å². The third-order valence-electron chi connectivity index (χ3n) is 10.9. The van der Waals surface area contributed by atoms with Gasteiger partial charge in [0, 0.05) is 36.8 Å². The van der Waals surface area contributed by atoms with Crippen molar-refractivity contribution >= 4 is 40.5 Å². The van der Waals surface area contributed by atoms with Crippen LogP contribution in [0.15, 0.2) is 28.7 Å². The normalized spacial score (nSPS) is 23.3. The molecule has 2 saturated carbocycles. The van der Waals surface area contributed by atoms with Gasteiger partial charge in [-0.2, -0.15) is 0 Å². The molecule has 0 radical (unpaired) electrons. The van der Waals surface area contributed by atoms with Crippen LogP contribution in [-0.2, 0) is 23.8 Å². The molecule has 1 saturated heterocycles. The lowest BCUT2D eigenvalue weighted by Crippen LogP contribution is -2.50. The molecule has 2 aliphatic carbocycles. The number of ether oxygens (including phenoxy) is 3. The van der Waals surface area contributed by atoms with Gasteiger partial charge in [-0.3, -0.25) is 9.59 Å². The van der Waals surface area contributed by atoms with Crippen molar-refractivity contribution in [1.29, 1.82) is 0 Å². The predicted molar refractivity (Wildman–Crippen MR) is 196 cm³/mol. The number of nitrogens with one attached hydrogen (secondary N) is 2. The number of fused-ring (bicyclic) bond motifs is 1. The SMILES string of the molecule is CCOCCCCOC(=O)c1cc2cc(NC(=O)[C@@H]3[C@H](C4CCCCC4)CCN3C(=O)[C@H]3CC[C@H]([C@@H](CF)NC(=O)OC(C)(C)C)CC3)ccc2o1. The fraction of sp³-hybridized carbons (Fsp3) is 0.700. The van der Waals surface area contributed by atoms with Crippen LogP contribution in [0.5, 0.6) is 0 Å². The number of likely N-dealkylation sites (tertiary alicyclic amines) is 1. The summed E-state index contributed by atoms with van der Waals surface area (Å²) in [5.74, 6) is -0.565. The maximum Gasteiger partial charge on any atom is 0.407 e. The maximum atomic E-state index is 14.2. The number of rotatable bonds is 14. The molecule has 3 aliphatic rings. The number of carbonyl (C=O) groups excluding carboxylic acids is 4. The first-order valence-corrected chi connectivity index (χ1v) is 19.4. The Balaban J connectivity index is 1.23. The van der Waals surface area contributed by atoms with Crippen LogP contribution >= 0.6 is 0 Å². The third-order valence-corrected chi connectivity index (χ3v) is 10.9. The molecule has 2 N–H and O–H groups in total. The summed E-state index contributed by atoms with van der Waals surface area (Å²) in [5, 5.41) is 6.45. The van der Waals surface area contributed by atoms with Crippen molar-refractivity contribution in [2.45, 2.75) is 122 Å². The van der Waals surface area contributed by atoms with Crippen LogP contribution in [0.25, 0.3) is 11.0 Å². The molecule has 0 unspecified atom stereocenters. The lowest BCUT2D eigenvalue weighted by Gasteiger charge is -2.37. The number of alkyl halides is 1. The number of amides is 3. The molecule has 1 aromatic heterocycles. The quantitative estimate of drug-likeness (QED) is 0.149. The number of carbonyl (C=O) groups is 4. The van der Waals surface area contributed by atoms with Gasteiger partial charge in [0.15, 0.2) is 0 Å². The molecule has 11 nitrogen and oxygen atoms in total. The minimum absolute atomic E-state index is 0.0138. The van der Waals surface area contributed by atoms with E-state index in [0.717, 1.165) is 38.5 Å². The number of anilines is 1. The summed E-state index contributed by atoms with van der Waals surface area (Å²) in [6.45, 7) is 8.61. The number of furan rings is 1. The van der Waals surface area contributed by atoms with Crippen molar-refractivity contribution in [3.8, 4) is 0 Å². The van der Waals surface area contributed by atoms with Crippen LogP contribution < -0.4 is 10.6 Å². The van der Waals surface area contributed by atoms with E-state index in [1.807, 2.05) is 11.8 Å². The first-order chi connectivity index (χ1) is 25.0. The number of alkyl carbamates (subject to hydrolysis) is 1. The number of hydrogen-bond acceptors (Lipinski definition) is 8. The molecule has 3 atom stereocenters. The summed E-state index contributed by atoms with van der Waals surface area (Å²) in [5.41, 5.74) is 0.384. The highest BCUT2D eigenvalue weighted by Gasteiger charge is 2.47. The van der Waals surface area contributed by atoms with Crippen molar-refractivity contribution in [2.24, 2.45) is 23.7 Å². The Morgan fingerprint density at radius 1 is 0.962 bits per heavy atom. The molecule has 5 rings (SSSR count). The summed E-state index contributed by atoms with van der Waals surface area (Å²) < 4.78 is 35.9. The Morgan fingerprint density at radius 3 is 2.38 bits per heavy atom. The molecule has 3 fully saturated rings. The van der Waals surface area contributed by atoms with Gasteiger partial charge in [0.25, 0.3) is 0 Å². The fourth-order valence-corrected chi connectivity index (χ4v) is 8.32. The molecule has 1 aromatic carbocycles. The summed E-state index contributed by atoms with van der Waals surface area (Å²) in [7, 11) is 0. The molecule has 0 bridgehead atoms. The highest BCUT2D eigenvalue weighted by Crippen LogP contribution is 2.41. The highest BCUT2D eigenvalue weighted by atomic mass is 19.1. The van der Waals surface area contributed by atoms with Gasteiger partial charge in [-0.15, -0.1) is 0 Å². The van der Waals surface area contributed by atoms with E-state index in [1.54, 1.807) is 45.0 Å². The molecule has 3 amide bonds. The number of nitrogens with zero attached hydrogens (tertiary/aromatic N) is 1. The van der Waals surface area contributed by atoms with Gasteiger partial charge < -0.3 is 34.2 Å². The van der Waals surface area contributed by atoms with E-state index in [2.05, 4.69) is 10.6 Å². The molecule has 52 heavy (non-hydrogen) atoms. The van der Waals surface area contributed by atoms with Gasteiger partial charge in [0.05, 0.1) is 12.6 Å². The first kappa shape index (κ1) is 39.5. The van der Waals surface area contributed by atoms with Gasteiger partial charge in [-0.1, -0.05) is 32.1 Å². The molecular weight excluding hydrogens is 669 g/mol. The van der Waals surface area contributed by atoms with Gasteiger partial charge >= 0.3 is 12.1 Å². The number of esters is 1. The van der Waals surface area contributed by atoms with E-state index in [-0.39, 0.29) is 41.9 Å². The van der Waals surface area contributed by atoms with Gasteiger partial charge in [0.1, 0.15) is 23.9 Å². The monoisotopic (exact) mass is 727 g/mol. The molecule has 288 valence electrons. The zero-order chi connectivity index (χ0) is 37.3. The molecule has 2 heterocycles. The highest BCUT2D eigenvalue weighted by molar-refractivity contribution is 6.00. The molecule has 12 heteroatoms. The van der Waals surface area contributed by atoms with Crippen molar-refractivity contribution in [3.63, 3.8) is 0 Å². The van der Waals surface area contributed by atoms with Crippen LogP contribution in [0.2, 0.25) is 0 Å². The van der Waals surface area contributed by atoms with Crippen LogP contribution in [-0.4, -0.2) is 79.5 Å². The molecular formula is C40H58FN3O8. The van der Waals surface area contributed by atoms with Gasteiger partial charge in [-0.05, 0) is 115 Å². The number of unbranched alkanes of at least 4 members (excludes halogenated alkanes) is 1. The van der Waals surface area contributed by atoms with E-state index < -0.39 is 36.4 Å². The summed E-state index contributed by atoms with van der Waals surface area (Å²) in [6.07, 6.45) is 9.58. The Kier molecular flexibility index (Phi) is 14.0. The van der Waals surface area contributed by atoms with Crippen LogP contribution in [0, 0.1) is 23.7 Å². The Hall–Kier alpha value is -3.67. The minimum Gasteiger partial charge on any atom is -0.460 e. The largest absolute Gasteiger partial charge is 0.460 e. The third kappa shape index (κ3) is 10.5. The summed E-state index contributed by atoms with van der Waals surface area (Å²) in [4.78, 5) is 55.2. The lowest BCUT2D eigenvalue weighted by molar-refractivity contribution is -0.142. The smallest absolute Gasteiger partial charge is 0.407 e. The first-order valence-electron chi connectivity index (χ1n) is 19.4. The minimum atomic E-state index is -0.703. The second-order valence-corrected chi connectivity index (χ2v) is 15.7. The van der Waals surface area contributed by atoms with Crippen LogP contribution in [0.3, 0.4) is 0 Å². The number of halogens is 1. The van der Waals surface area contributed by atoms with E-state index in [0.29, 0.717) is 74.4 Å². The summed E-state index contributed by atoms with van der Waals surface area (Å²) >= 11 is 0. The zero-order valence-corrected chi connectivity index (χ0v) is 31.4. The average molecular weight is 728 g/mol. The predicted octanol–water partition coefficient (Wildman–Crippen LogP) is 7.81. The van der Waals surface area contributed by atoms with Crippen molar-refractivity contribution < 1.29 is 42.2 Å². The molecule has 0 spiro atoms. The van der Waals surface area contributed by atoms with Crippen molar-refractivity contribution in [3.05, 3.63) is 30.0 Å². The Labute approximate surface area is 307 Å². The second-order valence-electron chi connectivity index (χ2n) is 15.7. The summed E-state index contributed by atoms with van der Waals surface area (Å²) in [6, 6.07) is 5.61. The second kappa shape index (κ2) is 18.4. The van der Waals surface area contributed by atoms with E-state index in [1.165, 1.54) is 6.42 Å². The van der Waals surface area contributed by atoms with Crippen molar-refractivity contribution in [1.82, 2.24) is 10.2 Å². The fourth-order valence-electron chi connectivity index (χ4n) is 8.32. The zero-order valence-electron chi connectivity index (χ0n) is 31.4. The number of hydrogen-bond donors (Lipinski definition) is 2. The van der Waals surface area contributed by atoms with E-state index in [9.17, 15) is 23.6 Å². The lowest BCUT2D eigenvalue weighted by atomic mass is 9.76. The van der Waals surface area contributed by atoms with Crippen LogP contribution in [0.1, 0.15) is 115 Å². The Morgan fingerprint density at radius 2 is 1.69 bits per heavy atom. The topological polar surface area (TPSA) is 136 Å². The Bertz CT molecular complexity index is 1510. The van der Waals surface area contributed by atoms with E-state index in [4.69, 9.17) is 18.6 Å². The van der Waals surface area contributed by atoms with Gasteiger partial charge in [0.2, 0.25) is 17.6 Å². The van der Waals surface area contributed by atoms with E-state index >= 15 is 0 Å². The number of benzene rings is 1. The average Bonchev–Trinajstić information content (AvgIpc) is 3.77. The maximum absolute atomic E-state index is 14.2. The van der Waals surface area contributed by atoms with Crippen molar-refractivity contribution in [2.75, 3.05) is 38.4 Å². The molecule has 2 aromatic rings. The van der Waals surface area contributed by atoms with Gasteiger partial charge in [-0.25, -0.2) is 14.0 Å².